The fourth-order valence-electron chi connectivity index (χ4n) is 3.66. The molecule has 9 heteroatoms. The smallest absolute Gasteiger partial charge is 0.261 e. The van der Waals surface area contributed by atoms with E-state index in [-0.39, 0.29) is 11.9 Å². The molecule has 0 aliphatic heterocycles. The summed E-state index contributed by atoms with van der Waals surface area (Å²) in [6.07, 6.45) is 3.81. The molecule has 0 radical (unpaired) electrons. The minimum absolute atomic E-state index is 0.0960. The van der Waals surface area contributed by atoms with Crippen LogP contribution in [0.1, 0.15) is 34.1 Å². The number of nitrogens with one attached hydrogen (secondary N) is 1. The predicted molar refractivity (Wildman–Crippen MR) is 109 cm³/mol. The van der Waals surface area contributed by atoms with E-state index < -0.39 is 23.2 Å². The van der Waals surface area contributed by atoms with Crippen LogP contribution in [0.2, 0.25) is 0 Å². The predicted octanol–water partition coefficient (Wildman–Crippen LogP) is 2.46. The molecule has 1 aliphatic carbocycles. The number of carbonyl (C=O) groups excluding carboxylic acids is 2. The lowest BCUT2D eigenvalue weighted by molar-refractivity contribution is -0.116. The van der Waals surface area contributed by atoms with Crippen molar-refractivity contribution in [1.29, 1.82) is 0 Å². The second kappa shape index (κ2) is 7.40. The van der Waals surface area contributed by atoms with Gasteiger partial charge in [0.1, 0.15) is 17.4 Å². The Morgan fingerprint density at radius 2 is 2.21 bits per heavy atom. The molecular formula is C20H19FN4O3S. The Morgan fingerprint density at radius 1 is 1.41 bits per heavy atom. The van der Waals surface area contributed by atoms with Crippen molar-refractivity contribution in [3.8, 4) is 0 Å². The maximum atomic E-state index is 13.5. The van der Waals surface area contributed by atoms with Crippen molar-refractivity contribution in [3.05, 3.63) is 56.7 Å². The molecule has 0 spiro atoms. The van der Waals surface area contributed by atoms with E-state index in [1.54, 1.807) is 0 Å². The maximum absolute atomic E-state index is 13.5. The van der Waals surface area contributed by atoms with Crippen LogP contribution in [-0.2, 0) is 24.2 Å². The van der Waals surface area contributed by atoms with Crippen LogP contribution < -0.4 is 16.6 Å². The normalized spacial score (nSPS) is 15.9. The van der Waals surface area contributed by atoms with Crippen LogP contribution >= 0.6 is 11.3 Å². The summed E-state index contributed by atoms with van der Waals surface area (Å²) in [5.74, 6) is -1.11. The summed E-state index contributed by atoms with van der Waals surface area (Å²) in [5.41, 5.74) is 6.67. The van der Waals surface area contributed by atoms with Gasteiger partial charge in [0.15, 0.2) is 0 Å². The summed E-state index contributed by atoms with van der Waals surface area (Å²) in [6, 6.07) is 3.72. The number of aromatic nitrogens is 2. The van der Waals surface area contributed by atoms with E-state index >= 15 is 0 Å². The highest BCUT2D eigenvalue weighted by atomic mass is 32.1. The van der Waals surface area contributed by atoms with E-state index in [4.69, 9.17) is 5.73 Å². The van der Waals surface area contributed by atoms with Crippen LogP contribution in [0.3, 0.4) is 0 Å². The van der Waals surface area contributed by atoms with Crippen LogP contribution in [-0.4, -0.2) is 21.4 Å². The summed E-state index contributed by atoms with van der Waals surface area (Å²) in [4.78, 5) is 42.3. The Labute approximate surface area is 169 Å². The Kier molecular flexibility index (Phi) is 4.91. The lowest BCUT2D eigenvalue weighted by atomic mass is 9.88. The van der Waals surface area contributed by atoms with E-state index in [2.05, 4.69) is 17.2 Å². The molecular weight excluding hydrogens is 395 g/mol. The molecule has 0 bridgehead atoms. The molecule has 0 saturated heterocycles. The van der Waals surface area contributed by atoms with E-state index in [9.17, 15) is 18.8 Å². The van der Waals surface area contributed by atoms with Gasteiger partial charge < -0.3 is 11.1 Å². The van der Waals surface area contributed by atoms with Gasteiger partial charge in [-0.1, -0.05) is 6.92 Å². The van der Waals surface area contributed by atoms with E-state index in [0.29, 0.717) is 22.0 Å². The number of primary amides is 1. The number of halogens is 1. The zero-order valence-electron chi connectivity index (χ0n) is 15.7. The highest BCUT2D eigenvalue weighted by Gasteiger charge is 2.27. The fourth-order valence-corrected chi connectivity index (χ4v) is 5.10. The molecule has 7 nitrogen and oxygen atoms in total. The fraction of sp³-hybridized carbons (Fsp3) is 0.300. The Bertz CT molecular complexity index is 1200. The molecule has 2 heterocycles. The molecule has 150 valence electrons. The van der Waals surface area contributed by atoms with E-state index in [1.165, 1.54) is 29.8 Å². The highest BCUT2D eigenvalue weighted by molar-refractivity contribution is 7.17. The topological polar surface area (TPSA) is 107 Å². The van der Waals surface area contributed by atoms with Gasteiger partial charge in [0, 0.05) is 4.88 Å². The third-order valence-electron chi connectivity index (χ3n) is 5.11. The lowest BCUT2D eigenvalue weighted by Gasteiger charge is -2.18. The third-order valence-corrected chi connectivity index (χ3v) is 6.28. The third kappa shape index (κ3) is 3.65. The van der Waals surface area contributed by atoms with Gasteiger partial charge in [-0.05, 0) is 48.9 Å². The number of anilines is 1. The molecule has 3 aromatic rings. The quantitative estimate of drug-likeness (QED) is 0.684. The average Bonchev–Trinajstić information content (AvgIpc) is 3.01. The van der Waals surface area contributed by atoms with Crippen molar-refractivity contribution >= 4 is 39.1 Å². The SMILES string of the molecule is C[C@@H]1CCc2c(sc(NC(=O)Cn3cnc4ccc(F)cc4c3=O)c2C(N)=O)C1. The number of amides is 2. The zero-order valence-corrected chi connectivity index (χ0v) is 16.5. The monoisotopic (exact) mass is 414 g/mol. The largest absolute Gasteiger partial charge is 0.365 e. The number of hydrogen-bond acceptors (Lipinski definition) is 5. The highest BCUT2D eigenvalue weighted by Crippen LogP contribution is 2.39. The molecule has 3 N–H and O–H groups in total. The minimum atomic E-state index is -0.577. The van der Waals surface area contributed by atoms with Gasteiger partial charge in [-0.3, -0.25) is 19.0 Å². The van der Waals surface area contributed by atoms with Gasteiger partial charge in [0.2, 0.25) is 5.91 Å². The Morgan fingerprint density at radius 3 is 2.97 bits per heavy atom. The number of carbonyl (C=O) groups is 2. The first kappa shape index (κ1) is 19.3. The lowest BCUT2D eigenvalue weighted by Crippen LogP contribution is -2.28. The number of nitrogens with two attached hydrogens (primary N) is 1. The first-order chi connectivity index (χ1) is 13.8. The van der Waals surface area contributed by atoms with Crippen molar-refractivity contribution in [3.63, 3.8) is 0 Å². The van der Waals surface area contributed by atoms with Crippen molar-refractivity contribution in [2.24, 2.45) is 11.7 Å². The average molecular weight is 414 g/mol. The Balaban J connectivity index is 1.61. The molecule has 1 aromatic carbocycles. The zero-order chi connectivity index (χ0) is 20.7. The maximum Gasteiger partial charge on any atom is 0.261 e. The van der Waals surface area contributed by atoms with Crippen molar-refractivity contribution in [2.45, 2.75) is 32.7 Å². The van der Waals surface area contributed by atoms with Crippen LogP contribution in [0.25, 0.3) is 10.9 Å². The second-order valence-corrected chi connectivity index (χ2v) is 8.41. The summed E-state index contributed by atoms with van der Waals surface area (Å²) in [6.45, 7) is 1.84. The Hall–Kier alpha value is -3.07. The number of fused-ring (bicyclic) bond motifs is 2. The number of nitrogens with zero attached hydrogens (tertiary/aromatic N) is 2. The minimum Gasteiger partial charge on any atom is -0.365 e. The van der Waals surface area contributed by atoms with E-state index in [1.807, 2.05) is 0 Å². The van der Waals surface area contributed by atoms with Gasteiger partial charge in [0.05, 0.1) is 22.8 Å². The number of hydrogen-bond donors (Lipinski definition) is 2. The van der Waals surface area contributed by atoms with Crippen molar-refractivity contribution in [2.75, 3.05) is 5.32 Å². The summed E-state index contributed by atoms with van der Waals surface area (Å²) in [7, 11) is 0. The van der Waals surface area contributed by atoms with Gasteiger partial charge in [-0.2, -0.15) is 0 Å². The molecule has 2 aromatic heterocycles. The standard InChI is InChI=1S/C20H19FN4O3S/c1-10-2-4-12-15(6-10)29-19(17(12)18(22)27)24-16(26)8-25-9-23-14-5-3-11(21)7-13(14)20(25)28/h3,5,7,9-10H,2,4,6,8H2,1H3,(H2,22,27)(H,24,26)/t10-/m1/s1. The second-order valence-electron chi connectivity index (χ2n) is 7.31. The van der Waals surface area contributed by atoms with Crippen LogP contribution in [0.15, 0.2) is 29.3 Å². The summed E-state index contributed by atoms with van der Waals surface area (Å²) in [5, 5.41) is 3.22. The molecule has 0 unspecified atom stereocenters. The van der Waals surface area contributed by atoms with Crippen LogP contribution in [0, 0.1) is 11.7 Å². The molecule has 2 amide bonds. The van der Waals surface area contributed by atoms with Crippen molar-refractivity contribution in [1.82, 2.24) is 9.55 Å². The van der Waals surface area contributed by atoms with Gasteiger partial charge in [-0.25, -0.2) is 9.37 Å². The van der Waals surface area contributed by atoms with Crippen molar-refractivity contribution < 1.29 is 14.0 Å². The first-order valence-corrected chi connectivity index (χ1v) is 10.0. The summed E-state index contributed by atoms with van der Waals surface area (Å²) < 4.78 is 14.6. The number of thiophene rings is 1. The molecule has 1 aliphatic rings. The van der Waals surface area contributed by atoms with Gasteiger partial charge in [-0.15, -0.1) is 11.3 Å². The van der Waals surface area contributed by atoms with Gasteiger partial charge >= 0.3 is 0 Å². The molecule has 1 atom stereocenters. The first-order valence-electron chi connectivity index (χ1n) is 9.22. The van der Waals surface area contributed by atoms with Crippen LogP contribution in [0.4, 0.5) is 9.39 Å². The number of rotatable bonds is 4. The van der Waals surface area contributed by atoms with Gasteiger partial charge in [0.25, 0.3) is 11.5 Å². The number of benzene rings is 1. The molecule has 29 heavy (non-hydrogen) atoms. The molecule has 4 rings (SSSR count). The van der Waals surface area contributed by atoms with Crippen LogP contribution in [0.5, 0.6) is 0 Å². The molecule has 0 saturated carbocycles. The molecule has 0 fully saturated rings. The van der Waals surface area contributed by atoms with E-state index in [0.717, 1.165) is 40.3 Å². The summed E-state index contributed by atoms with van der Waals surface area (Å²) >= 11 is 1.36.